The second kappa shape index (κ2) is 7.07. The van der Waals surface area contributed by atoms with Crippen molar-refractivity contribution in [1.82, 2.24) is 15.1 Å². The summed E-state index contributed by atoms with van der Waals surface area (Å²) in [6, 6.07) is 0. The van der Waals surface area contributed by atoms with Gasteiger partial charge >= 0.3 is 0 Å². The Bertz CT molecular complexity index is 257. The Kier molecular flexibility index (Phi) is 6.05. The largest absolute Gasteiger partial charge is 0.375 e. The molecule has 5 heteroatoms. The van der Waals surface area contributed by atoms with Crippen molar-refractivity contribution in [1.29, 1.82) is 0 Å². The Hall–Kier alpha value is -0.650. The molecule has 0 radical (unpaired) electrons. The summed E-state index contributed by atoms with van der Waals surface area (Å²) >= 11 is 0. The van der Waals surface area contributed by atoms with Crippen LogP contribution in [0.4, 0.5) is 0 Å². The van der Waals surface area contributed by atoms with Gasteiger partial charge in [-0.1, -0.05) is 0 Å². The van der Waals surface area contributed by atoms with Crippen LogP contribution in [0.2, 0.25) is 0 Å². The molecule has 0 atom stereocenters. The molecule has 0 unspecified atom stereocenters. The minimum Gasteiger partial charge on any atom is -0.375 e. The maximum atomic E-state index is 12.0. The maximum Gasteiger partial charge on any atom is 0.236 e. The number of amides is 1. The van der Waals surface area contributed by atoms with Gasteiger partial charge in [0.15, 0.2) is 0 Å². The highest BCUT2D eigenvalue weighted by atomic mass is 16.5. The maximum absolute atomic E-state index is 12.0. The summed E-state index contributed by atoms with van der Waals surface area (Å²) in [7, 11) is 1.96. The lowest BCUT2D eigenvalue weighted by Gasteiger charge is -2.29. The number of carbonyl (C=O) groups excluding carboxylic acids is 1. The van der Waals surface area contributed by atoms with Crippen molar-refractivity contribution < 1.29 is 9.53 Å². The topological polar surface area (TPSA) is 44.8 Å². The van der Waals surface area contributed by atoms with Gasteiger partial charge in [0.25, 0.3) is 0 Å². The highest BCUT2D eigenvalue weighted by molar-refractivity contribution is 5.78. The molecule has 1 aliphatic rings. The first-order valence-electron chi connectivity index (χ1n) is 6.69. The van der Waals surface area contributed by atoms with Gasteiger partial charge in [-0.05, 0) is 27.8 Å². The molecule has 0 aromatic heterocycles. The number of likely N-dealkylation sites (N-methyl/N-ethyl adjacent to an activating group) is 1. The van der Waals surface area contributed by atoms with Gasteiger partial charge in [-0.2, -0.15) is 0 Å². The molecular formula is C13H27N3O2. The molecule has 5 nitrogen and oxygen atoms in total. The van der Waals surface area contributed by atoms with Crippen molar-refractivity contribution in [2.75, 3.05) is 52.9 Å². The third kappa shape index (κ3) is 6.33. The van der Waals surface area contributed by atoms with E-state index < -0.39 is 0 Å². The number of nitrogens with zero attached hydrogens (tertiary/aromatic N) is 2. The van der Waals surface area contributed by atoms with Crippen LogP contribution in [0, 0.1) is 0 Å². The van der Waals surface area contributed by atoms with E-state index >= 15 is 0 Å². The minimum atomic E-state index is -0.108. The molecule has 0 aromatic rings. The molecule has 1 saturated heterocycles. The first-order valence-corrected chi connectivity index (χ1v) is 6.69. The molecule has 0 saturated carbocycles. The molecular weight excluding hydrogens is 230 g/mol. The Balaban J connectivity index is 2.18. The Morgan fingerprint density at radius 1 is 1.33 bits per heavy atom. The fourth-order valence-electron chi connectivity index (χ4n) is 1.83. The Labute approximate surface area is 110 Å². The first kappa shape index (κ1) is 15.4. The second-order valence-electron chi connectivity index (χ2n) is 5.83. The zero-order chi connectivity index (χ0) is 13.6. The molecule has 106 valence electrons. The quantitative estimate of drug-likeness (QED) is 0.762. The van der Waals surface area contributed by atoms with Crippen LogP contribution in [0.5, 0.6) is 0 Å². The average molecular weight is 257 g/mol. The predicted molar refractivity (Wildman–Crippen MR) is 72.7 cm³/mol. The van der Waals surface area contributed by atoms with Crippen LogP contribution in [0.25, 0.3) is 0 Å². The lowest BCUT2D eigenvalue weighted by atomic mass is 10.2. The van der Waals surface area contributed by atoms with Crippen molar-refractivity contribution in [3.05, 3.63) is 0 Å². The van der Waals surface area contributed by atoms with Crippen molar-refractivity contribution >= 4 is 5.91 Å². The van der Waals surface area contributed by atoms with E-state index in [-0.39, 0.29) is 11.5 Å². The molecule has 0 bridgehead atoms. The van der Waals surface area contributed by atoms with Gasteiger partial charge in [-0.3, -0.25) is 9.69 Å². The molecule has 0 spiro atoms. The summed E-state index contributed by atoms with van der Waals surface area (Å²) in [6.45, 7) is 11.5. The van der Waals surface area contributed by atoms with E-state index in [4.69, 9.17) is 4.74 Å². The summed E-state index contributed by atoms with van der Waals surface area (Å²) in [6.07, 6.45) is 0. The average Bonchev–Trinajstić information content (AvgIpc) is 2.28. The zero-order valence-corrected chi connectivity index (χ0v) is 12.2. The molecule has 18 heavy (non-hydrogen) atoms. The van der Waals surface area contributed by atoms with E-state index in [1.165, 1.54) is 0 Å². The van der Waals surface area contributed by atoms with Crippen LogP contribution in [0.1, 0.15) is 20.8 Å². The smallest absolute Gasteiger partial charge is 0.236 e. The summed E-state index contributed by atoms with van der Waals surface area (Å²) in [4.78, 5) is 15.9. The first-order chi connectivity index (χ1) is 8.38. The van der Waals surface area contributed by atoms with Gasteiger partial charge in [0.2, 0.25) is 5.91 Å². The SMILES string of the molecule is CN(CCOC(C)(C)C)CC(=O)N1CCNCC1. The number of rotatable bonds is 5. The summed E-state index contributed by atoms with van der Waals surface area (Å²) < 4.78 is 5.65. The van der Waals surface area contributed by atoms with Crippen LogP contribution in [0.3, 0.4) is 0 Å². The Morgan fingerprint density at radius 3 is 2.50 bits per heavy atom. The molecule has 1 fully saturated rings. The third-order valence-corrected chi connectivity index (χ3v) is 2.88. The summed E-state index contributed by atoms with van der Waals surface area (Å²) in [5.74, 6) is 0.217. The van der Waals surface area contributed by atoms with Crippen LogP contribution in [-0.2, 0) is 9.53 Å². The molecule has 1 amide bonds. The molecule has 1 aliphatic heterocycles. The van der Waals surface area contributed by atoms with Crippen LogP contribution in [0.15, 0.2) is 0 Å². The number of hydrogen-bond donors (Lipinski definition) is 1. The molecule has 0 aromatic carbocycles. The van der Waals surface area contributed by atoms with Gasteiger partial charge < -0.3 is 15.0 Å². The fourth-order valence-corrected chi connectivity index (χ4v) is 1.83. The fraction of sp³-hybridized carbons (Fsp3) is 0.923. The molecule has 0 aliphatic carbocycles. The van der Waals surface area contributed by atoms with Crippen molar-refractivity contribution in [2.45, 2.75) is 26.4 Å². The van der Waals surface area contributed by atoms with Crippen molar-refractivity contribution in [3.8, 4) is 0 Å². The normalized spacial score (nSPS) is 17.3. The van der Waals surface area contributed by atoms with Crippen LogP contribution >= 0.6 is 0 Å². The molecule has 1 heterocycles. The van der Waals surface area contributed by atoms with E-state index in [2.05, 4.69) is 5.32 Å². The lowest BCUT2D eigenvalue weighted by molar-refractivity contribution is -0.132. The van der Waals surface area contributed by atoms with Crippen LogP contribution in [-0.4, -0.2) is 74.2 Å². The molecule has 1 N–H and O–H groups in total. The monoisotopic (exact) mass is 257 g/mol. The van der Waals surface area contributed by atoms with Crippen molar-refractivity contribution in [3.63, 3.8) is 0 Å². The highest BCUT2D eigenvalue weighted by Crippen LogP contribution is 2.06. The standard InChI is InChI=1S/C13H27N3O2/c1-13(2,3)18-10-9-15(4)11-12(17)16-7-5-14-6-8-16/h14H,5-11H2,1-4H3. The Morgan fingerprint density at radius 2 is 1.94 bits per heavy atom. The third-order valence-electron chi connectivity index (χ3n) is 2.88. The van der Waals surface area contributed by atoms with Gasteiger partial charge in [-0.25, -0.2) is 0 Å². The number of carbonyl (C=O) groups is 1. The lowest BCUT2D eigenvalue weighted by Crippen LogP contribution is -2.49. The van der Waals surface area contributed by atoms with Crippen LogP contribution < -0.4 is 5.32 Å². The predicted octanol–water partition coefficient (Wildman–Crippen LogP) is 0.165. The van der Waals surface area contributed by atoms with E-state index in [1.807, 2.05) is 37.6 Å². The summed E-state index contributed by atoms with van der Waals surface area (Å²) in [5.41, 5.74) is -0.108. The zero-order valence-electron chi connectivity index (χ0n) is 12.2. The number of piperazine rings is 1. The van der Waals surface area contributed by atoms with Gasteiger partial charge in [-0.15, -0.1) is 0 Å². The van der Waals surface area contributed by atoms with Gasteiger partial charge in [0, 0.05) is 32.7 Å². The number of hydrogen-bond acceptors (Lipinski definition) is 4. The van der Waals surface area contributed by atoms with E-state index in [0.717, 1.165) is 32.7 Å². The molecule has 1 rings (SSSR count). The highest BCUT2D eigenvalue weighted by Gasteiger charge is 2.17. The summed E-state index contributed by atoms with van der Waals surface area (Å²) in [5, 5.41) is 3.25. The number of nitrogens with one attached hydrogen (secondary N) is 1. The van der Waals surface area contributed by atoms with E-state index in [0.29, 0.717) is 13.2 Å². The van der Waals surface area contributed by atoms with E-state index in [9.17, 15) is 4.79 Å². The minimum absolute atomic E-state index is 0.108. The van der Waals surface area contributed by atoms with Gasteiger partial charge in [0.1, 0.15) is 0 Å². The van der Waals surface area contributed by atoms with E-state index in [1.54, 1.807) is 0 Å². The number of ether oxygens (including phenoxy) is 1. The van der Waals surface area contributed by atoms with Crippen molar-refractivity contribution in [2.24, 2.45) is 0 Å². The second-order valence-corrected chi connectivity index (χ2v) is 5.83. The van der Waals surface area contributed by atoms with Gasteiger partial charge in [0.05, 0.1) is 18.8 Å².